The number of phenolic OH excluding ortho intramolecular Hbond substituents is 1. The Morgan fingerprint density at radius 1 is 1.28 bits per heavy atom. The molecule has 1 aromatic rings. The van der Waals surface area contributed by atoms with E-state index in [0.29, 0.717) is 12.1 Å². The van der Waals surface area contributed by atoms with E-state index in [1.54, 1.807) is 18.2 Å². The average molecular weight is 248 g/mol. The molecule has 1 N–H and O–H groups in total. The lowest BCUT2D eigenvalue weighted by atomic mass is 10.0. The number of likely N-dealkylation sites (N-methyl/N-ethyl adjacent to an activating group) is 1. The van der Waals surface area contributed by atoms with E-state index in [2.05, 4.69) is 16.8 Å². The van der Waals surface area contributed by atoms with Crippen LogP contribution in [0.3, 0.4) is 0 Å². The Morgan fingerprint density at radius 2 is 1.94 bits per heavy atom. The van der Waals surface area contributed by atoms with Gasteiger partial charge in [-0.25, -0.2) is 0 Å². The molecule has 1 heterocycles. The number of Topliss-reactive ketones (excluding diaryl/α,β-unsaturated/α-hetero) is 1. The van der Waals surface area contributed by atoms with Gasteiger partial charge in [-0.05, 0) is 37.7 Å². The van der Waals surface area contributed by atoms with Crippen molar-refractivity contribution in [2.45, 2.75) is 6.92 Å². The number of carbonyl (C=O) groups is 1. The average Bonchev–Trinajstić information content (AvgIpc) is 2.32. The summed E-state index contributed by atoms with van der Waals surface area (Å²) in [6.07, 6.45) is 0. The molecule has 1 fully saturated rings. The van der Waals surface area contributed by atoms with Crippen LogP contribution in [0.1, 0.15) is 15.9 Å². The van der Waals surface area contributed by atoms with E-state index < -0.39 is 0 Å². The Labute approximate surface area is 108 Å². The van der Waals surface area contributed by atoms with E-state index in [1.165, 1.54) is 0 Å². The predicted octanol–water partition coefficient (Wildman–Crippen LogP) is 1.13. The van der Waals surface area contributed by atoms with Crippen molar-refractivity contribution >= 4 is 5.78 Å². The third kappa shape index (κ3) is 3.09. The third-order valence-electron chi connectivity index (χ3n) is 3.47. The standard InChI is InChI=1S/C14H20N2O2/c1-11-9-12(17)3-4-13(11)14(18)10-16-7-5-15(2)6-8-16/h3-4,9,17H,5-8,10H2,1-2H3. The van der Waals surface area contributed by atoms with Gasteiger partial charge in [-0.2, -0.15) is 0 Å². The lowest BCUT2D eigenvalue weighted by molar-refractivity contribution is 0.0876. The second-order valence-electron chi connectivity index (χ2n) is 5.00. The molecular formula is C14H20N2O2. The minimum atomic E-state index is 0.136. The fourth-order valence-electron chi connectivity index (χ4n) is 2.25. The van der Waals surface area contributed by atoms with E-state index in [4.69, 9.17) is 0 Å². The molecule has 2 rings (SSSR count). The maximum absolute atomic E-state index is 12.2. The van der Waals surface area contributed by atoms with Gasteiger partial charge < -0.3 is 10.0 Å². The van der Waals surface area contributed by atoms with Crippen LogP contribution in [0, 0.1) is 6.92 Å². The molecule has 0 radical (unpaired) electrons. The van der Waals surface area contributed by atoms with Crippen molar-refractivity contribution in [2.24, 2.45) is 0 Å². The Hall–Kier alpha value is -1.39. The Morgan fingerprint density at radius 3 is 2.56 bits per heavy atom. The van der Waals surface area contributed by atoms with E-state index in [1.807, 2.05) is 6.92 Å². The zero-order valence-corrected chi connectivity index (χ0v) is 11.0. The second kappa shape index (κ2) is 5.50. The van der Waals surface area contributed by atoms with E-state index >= 15 is 0 Å². The quantitative estimate of drug-likeness (QED) is 0.814. The molecule has 18 heavy (non-hydrogen) atoms. The number of rotatable bonds is 3. The normalized spacial score (nSPS) is 17.9. The number of aryl methyl sites for hydroxylation is 1. The smallest absolute Gasteiger partial charge is 0.177 e. The summed E-state index contributed by atoms with van der Waals surface area (Å²) in [7, 11) is 2.10. The molecule has 1 aliphatic heterocycles. The van der Waals surface area contributed by atoms with Crippen molar-refractivity contribution in [1.29, 1.82) is 0 Å². The molecule has 0 amide bonds. The highest BCUT2D eigenvalue weighted by molar-refractivity contribution is 5.99. The van der Waals surface area contributed by atoms with Crippen LogP contribution in [0.2, 0.25) is 0 Å². The summed E-state index contributed by atoms with van der Waals surface area (Å²) in [4.78, 5) is 16.6. The lowest BCUT2D eigenvalue weighted by Gasteiger charge is -2.31. The Bertz CT molecular complexity index is 437. The first kappa shape index (κ1) is 13.1. The van der Waals surface area contributed by atoms with Gasteiger partial charge in [-0.1, -0.05) is 0 Å². The molecule has 0 unspecified atom stereocenters. The minimum absolute atomic E-state index is 0.136. The first-order valence-electron chi connectivity index (χ1n) is 6.30. The molecule has 1 aliphatic rings. The summed E-state index contributed by atoms with van der Waals surface area (Å²) >= 11 is 0. The van der Waals surface area contributed by atoms with Gasteiger partial charge in [0.05, 0.1) is 6.54 Å². The fourth-order valence-corrected chi connectivity index (χ4v) is 2.25. The number of nitrogens with zero attached hydrogens (tertiary/aromatic N) is 2. The lowest BCUT2D eigenvalue weighted by Crippen LogP contribution is -2.46. The van der Waals surface area contributed by atoms with E-state index in [-0.39, 0.29) is 11.5 Å². The maximum Gasteiger partial charge on any atom is 0.177 e. The summed E-state index contributed by atoms with van der Waals surface area (Å²) in [5, 5.41) is 9.34. The van der Waals surface area contributed by atoms with Crippen LogP contribution in [0.5, 0.6) is 5.75 Å². The molecule has 4 heteroatoms. The zero-order chi connectivity index (χ0) is 13.1. The summed E-state index contributed by atoms with van der Waals surface area (Å²) in [6.45, 7) is 6.25. The van der Waals surface area contributed by atoms with Crippen molar-refractivity contribution < 1.29 is 9.90 Å². The highest BCUT2D eigenvalue weighted by Crippen LogP contribution is 2.16. The number of phenols is 1. The molecule has 1 aromatic carbocycles. The highest BCUT2D eigenvalue weighted by atomic mass is 16.3. The summed E-state index contributed by atoms with van der Waals surface area (Å²) in [5.41, 5.74) is 1.56. The van der Waals surface area contributed by atoms with Gasteiger partial charge in [0.2, 0.25) is 0 Å². The van der Waals surface area contributed by atoms with Crippen molar-refractivity contribution in [1.82, 2.24) is 9.80 Å². The van der Waals surface area contributed by atoms with E-state index in [0.717, 1.165) is 31.7 Å². The number of carbonyl (C=O) groups excluding carboxylic acids is 1. The van der Waals surface area contributed by atoms with Gasteiger partial charge in [-0.15, -0.1) is 0 Å². The SMILES string of the molecule is Cc1cc(O)ccc1C(=O)CN1CCN(C)CC1. The number of hydrogen-bond acceptors (Lipinski definition) is 4. The first-order chi connectivity index (χ1) is 8.56. The van der Waals surface area contributed by atoms with Gasteiger partial charge in [0.1, 0.15) is 5.75 Å². The number of hydrogen-bond donors (Lipinski definition) is 1. The predicted molar refractivity (Wildman–Crippen MR) is 71.1 cm³/mol. The van der Waals surface area contributed by atoms with Crippen LogP contribution in [0.4, 0.5) is 0 Å². The Kier molecular flexibility index (Phi) is 3.99. The maximum atomic E-state index is 12.2. The van der Waals surface area contributed by atoms with Crippen LogP contribution < -0.4 is 0 Å². The number of aromatic hydroxyl groups is 1. The molecule has 1 saturated heterocycles. The van der Waals surface area contributed by atoms with Gasteiger partial charge >= 0.3 is 0 Å². The van der Waals surface area contributed by atoms with Crippen molar-refractivity contribution in [3.63, 3.8) is 0 Å². The third-order valence-corrected chi connectivity index (χ3v) is 3.47. The summed E-state index contributed by atoms with van der Waals surface area (Å²) < 4.78 is 0. The van der Waals surface area contributed by atoms with Gasteiger partial charge in [0.15, 0.2) is 5.78 Å². The van der Waals surface area contributed by atoms with Crippen LogP contribution in [0.15, 0.2) is 18.2 Å². The van der Waals surface area contributed by atoms with Crippen molar-refractivity contribution in [2.75, 3.05) is 39.8 Å². The molecule has 4 nitrogen and oxygen atoms in total. The van der Waals surface area contributed by atoms with Crippen LogP contribution in [-0.4, -0.2) is 60.5 Å². The van der Waals surface area contributed by atoms with Gasteiger partial charge in [0, 0.05) is 31.7 Å². The number of piperazine rings is 1. The van der Waals surface area contributed by atoms with Crippen LogP contribution in [-0.2, 0) is 0 Å². The monoisotopic (exact) mass is 248 g/mol. The first-order valence-corrected chi connectivity index (χ1v) is 6.30. The van der Waals surface area contributed by atoms with Gasteiger partial charge in [-0.3, -0.25) is 9.69 Å². The summed E-state index contributed by atoms with van der Waals surface area (Å²) in [6, 6.07) is 4.92. The molecule has 0 bridgehead atoms. The van der Waals surface area contributed by atoms with Crippen LogP contribution >= 0.6 is 0 Å². The molecule has 0 atom stereocenters. The Balaban J connectivity index is 1.99. The highest BCUT2D eigenvalue weighted by Gasteiger charge is 2.18. The van der Waals surface area contributed by atoms with E-state index in [9.17, 15) is 9.90 Å². The summed E-state index contributed by atoms with van der Waals surface area (Å²) in [5.74, 6) is 0.348. The molecule has 0 saturated carbocycles. The number of ketones is 1. The molecular weight excluding hydrogens is 228 g/mol. The molecule has 0 spiro atoms. The molecule has 0 aliphatic carbocycles. The molecule has 0 aromatic heterocycles. The largest absolute Gasteiger partial charge is 0.508 e. The van der Waals surface area contributed by atoms with Crippen molar-refractivity contribution in [3.8, 4) is 5.75 Å². The molecule has 98 valence electrons. The topological polar surface area (TPSA) is 43.8 Å². The zero-order valence-electron chi connectivity index (χ0n) is 11.0. The van der Waals surface area contributed by atoms with Crippen LogP contribution in [0.25, 0.3) is 0 Å². The van der Waals surface area contributed by atoms with Crippen molar-refractivity contribution in [3.05, 3.63) is 29.3 Å². The second-order valence-corrected chi connectivity index (χ2v) is 5.00. The fraction of sp³-hybridized carbons (Fsp3) is 0.500. The van der Waals surface area contributed by atoms with Gasteiger partial charge in [0.25, 0.3) is 0 Å². The minimum Gasteiger partial charge on any atom is -0.508 e. The number of benzene rings is 1.